The minimum atomic E-state index is -4.59. The van der Waals surface area contributed by atoms with Crippen LogP contribution in [-0.2, 0) is 19.3 Å². The van der Waals surface area contributed by atoms with Crippen LogP contribution in [0.2, 0.25) is 0 Å². The standard InChI is InChI=1S/C19H20F6N4/c20-13-5-15(22)14(21)4-12(13)11-2-1-10(3-16(11)26)29-7-9-6-27-18(19(23,24)25)28-17(9)8-29/h5-6,10-12,16H,1-4,7-8,26H2/t10?,11-,12?,16?/m1/s1. The van der Waals surface area contributed by atoms with Gasteiger partial charge in [0, 0.05) is 55.3 Å². The van der Waals surface area contributed by atoms with Crippen LogP contribution in [-0.4, -0.2) is 27.0 Å². The predicted molar refractivity (Wildman–Crippen MR) is 91.9 cm³/mol. The summed E-state index contributed by atoms with van der Waals surface area (Å²) in [7, 11) is 0. The number of nitrogens with zero attached hydrogens (tertiary/aromatic N) is 3. The van der Waals surface area contributed by atoms with Crippen molar-refractivity contribution >= 4 is 0 Å². The van der Waals surface area contributed by atoms with Crippen molar-refractivity contribution in [2.75, 3.05) is 0 Å². The molecule has 158 valence electrons. The molecule has 1 aliphatic heterocycles. The highest BCUT2D eigenvalue weighted by Gasteiger charge is 2.41. The van der Waals surface area contributed by atoms with Crippen molar-refractivity contribution in [2.45, 2.75) is 57.0 Å². The Kier molecular flexibility index (Phi) is 5.18. The Hall–Kier alpha value is -1.94. The fourth-order valence-corrected chi connectivity index (χ4v) is 4.66. The number of fused-ring (bicyclic) bond motifs is 1. The van der Waals surface area contributed by atoms with Gasteiger partial charge in [-0.25, -0.2) is 23.1 Å². The third-order valence-corrected chi connectivity index (χ3v) is 6.17. The average Bonchev–Trinajstić information content (AvgIpc) is 3.07. The molecule has 4 atom stereocenters. The van der Waals surface area contributed by atoms with Gasteiger partial charge in [0.05, 0.1) is 5.69 Å². The smallest absolute Gasteiger partial charge is 0.327 e. The van der Waals surface area contributed by atoms with Gasteiger partial charge in [0.25, 0.3) is 0 Å². The van der Waals surface area contributed by atoms with E-state index in [1.54, 1.807) is 0 Å². The predicted octanol–water partition coefficient (Wildman–Crippen LogP) is 4.33. The van der Waals surface area contributed by atoms with Crippen molar-refractivity contribution in [3.63, 3.8) is 0 Å². The highest BCUT2D eigenvalue weighted by molar-refractivity contribution is 5.26. The number of nitrogens with two attached hydrogens (primary N) is 1. The van der Waals surface area contributed by atoms with Crippen LogP contribution >= 0.6 is 0 Å². The summed E-state index contributed by atoms with van der Waals surface area (Å²) >= 11 is 0. The fourth-order valence-electron chi connectivity index (χ4n) is 4.66. The van der Waals surface area contributed by atoms with E-state index >= 15 is 0 Å². The van der Waals surface area contributed by atoms with Gasteiger partial charge in [-0.3, -0.25) is 4.90 Å². The molecule has 10 heteroatoms. The number of halogens is 6. The van der Waals surface area contributed by atoms with E-state index in [2.05, 4.69) is 9.97 Å². The maximum Gasteiger partial charge on any atom is 0.451 e. The molecule has 1 aromatic rings. The molecule has 4 nitrogen and oxygen atoms in total. The molecule has 2 aliphatic carbocycles. The van der Waals surface area contributed by atoms with Crippen LogP contribution in [0.25, 0.3) is 0 Å². The molecule has 1 saturated carbocycles. The van der Waals surface area contributed by atoms with Crippen LogP contribution in [0.15, 0.2) is 29.8 Å². The summed E-state index contributed by atoms with van der Waals surface area (Å²) in [6.07, 6.45) is -1.46. The van der Waals surface area contributed by atoms with Gasteiger partial charge in [-0.05, 0) is 25.2 Å². The molecule has 1 aromatic heterocycles. The Labute approximate surface area is 163 Å². The third-order valence-electron chi connectivity index (χ3n) is 6.17. The van der Waals surface area contributed by atoms with E-state index in [4.69, 9.17) is 5.73 Å². The average molecular weight is 418 g/mol. The van der Waals surface area contributed by atoms with Crippen LogP contribution in [0, 0.1) is 11.8 Å². The Morgan fingerprint density at radius 1 is 1.10 bits per heavy atom. The molecule has 0 saturated heterocycles. The maximum atomic E-state index is 14.2. The van der Waals surface area contributed by atoms with Crippen molar-refractivity contribution in [3.8, 4) is 0 Å². The number of allylic oxidation sites excluding steroid dienone is 4. The zero-order chi connectivity index (χ0) is 20.9. The Bertz CT molecular complexity index is 865. The number of hydrogen-bond acceptors (Lipinski definition) is 4. The summed E-state index contributed by atoms with van der Waals surface area (Å²) in [5.74, 6) is -5.06. The third kappa shape index (κ3) is 3.92. The van der Waals surface area contributed by atoms with Gasteiger partial charge in [-0.2, -0.15) is 13.2 Å². The van der Waals surface area contributed by atoms with E-state index in [0.29, 0.717) is 43.1 Å². The summed E-state index contributed by atoms with van der Waals surface area (Å²) < 4.78 is 79.5. The summed E-state index contributed by atoms with van der Waals surface area (Å²) in [6.45, 7) is 0.694. The van der Waals surface area contributed by atoms with Gasteiger partial charge in [-0.15, -0.1) is 0 Å². The minimum absolute atomic E-state index is 0.00227. The molecule has 29 heavy (non-hydrogen) atoms. The number of alkyl halides is 3. The van der Waals surface area contributed by atoms with E-state index in [9.17, 15) is 26.3 Å². The molecule has 0 spiro atoms. The van der Waals surface area contributed by atoms with E-state index in [1.165, 1.54) is 6.20 Å². The van der Waals surface area contributed by atoms with Gasteiger partial charge in [0.1, 0.15) is 11.7 Å². The summed E-state index contributed by atoms with van der Waals surface area (Å²) in [5, 5.41) is 0. The lowest BCUT2D eigenvalue weighted by molar-refractivity contribution is -0.145. The number of aromatic nitrogens is 2. The van der Waals surface area contributed by atoms with Crippen molar-refractivity contribution < 1.29 is 26.3 Å². The van der Waals surface area contributed by atoms with E-state index in [1.807, 2.05) is 4.90 Å². The maximum absolute atomic E-state index is 14.2. The topological polar surface area (TPSA) is 55.0 Å². The van der Waals surface area contributed by atoms with Crippen molar-refractivity contribution in [1.82, 2.24) is 14.9 Å². The van der Waals surface area contributed by atoms with Crippen molar-refractivity contribution in [1.29, 1.82) is 0 Å². The van der Waals surface area contributed by atoms with E-state index < -0.39 is 41.4 Å². The molecule has 3 unspecified atom stereocenters. The molecule has 3 aliphatic rings. The minimum Gasteiger partial charge on any atom is -0.327 e. The largest absolute Gasteiger partial charge is 0.451 e. The Balaban J connectivity index is 1.41. The van der Waals surface area contributed by atoms with Crippen LogP contribution in [0.4, 0.5) is 26.3 Å². The van der Waals surface area contributed by atoms with Gasteiger partial charge in [0.15, 0.2) is 5.83 Å². The molecule has 4 rings (SSSR count). The zero-order valence-electron chi connectivity index (χ0n) is 15.4. The second kappa shape index (κ2) is 7.39. The van der Waals surface area contributed by atoms with Gasteiger partial charge in [0.2, 0.25) is 5.82 Å². The first kappa shape index (κ1) is 20.3. The lowest BCUT2D eigenvalue weighted by Crippen LogP contribution is -2.47. The van der Waals surface area contributed by atoms with Crippen molar-refractivity contribution in [2.24, 2.45) is 17.6 Å². The first-order valence-corrected chi connectivity index (χ1v) is 9.46. The highest BCUT2D eigenvalue weighted by Crippen LogP contribution is 2.43. The van der Waals surface area contributed by atoms with Crippen LogP contribution in [0.3, 0.4) is 0 Å². The van der Waals surface area contributed by atoms with E-state index in [-0.39, 0.29) is 24.9 Å². The molecular formula is C19H20F6N4. The summed E-state index contributed by atoms with van der Waals surface area (Å²) in [5.41, 5.74) is 7.27. The molecule has 2 heterocycles. The Morgan fingerprint density at radius 2 is 1.86 bits per heavy atom. The van der Waals surface area contributed by atoms with Gasteiger partial charge < -0.3 is 5.73 Å². The number of rotatable bonds is 2. The molecule has 0 amide bonds. The first-order valence-electron chi connectivity index (χ1n) is 9.46. The first-order chi connectivity index (χ1) is 13.6. The normalized spacial score (nSPS) is 31.1. The lowest BCUT2D eigenvalue weighted by Gasteiger charge is -2.41. The molecule has 0 radical (unpaired) electrons. The van der Waals surface area contributed by atoms with Crippen LogP contribution < -0.4 is 5.73 Å². The summed E-state index contributed by atoms with van der Waals surface area (Å²) in [6, 6.07) is -0.426. The van der Waals surface area contributed by atoms with Crippen LogP contribution in [0.1, 0.15) is 42.8 Å². The van der Waals surface area contributed by atoms with Crippen LogP contribution in [0.5, 0.6) is 0 Å². The molecule has 0 bridgehead atoms. The van der Waals surface area contributed by atoms with E-state index in [0.717, 1.165) is 0 Å². The molecule has 0 aromatic carbocycles. The van der Waals surface area contributed by atoms with Gasteiger partial charge >= 0.3 is 6.18 Å². The molecule has 2 N–H and O–H groups in total. The fraction of sp³-hybridized carbons (Fsp3) is 0.579. The Morgan fingerprint density at radius 3 is 2.55 bits per heavy atom. The monoisotopic (exact) mass is 418 g/mol. The SMILES string of the molecule is NC1CC(N2Cc3cnc(C(F)(F)F)nc3C2)CC[C@@H]1C1CC(F)=C(F)C=C1F. The highest BCUT2D eigenvalue weighted by atomic mass is 19.4. The second-order valence-electron chi connectivity index (χ2n) is 7.96. The number of hydrogen-bond donors (Lipinski definition) is 1. The molecular weight excluding hydrogens is 398 g/mol. The zero-order valence-corrected chi connectivity index (χ0v) is 15.4. The quantitative estimate of drug-likeness (QED) is 0.727. The summed E-state index contributed by atoms with van der Waals surface area (Å²) in [4.78, 5) is 9.06. The van der Waals surface area contributed by atoms with Crippen molar-refractivity contribution in [3.05, 3.63) is 46.8 Å². The lowest BCUT2D eigenvalue weighted by atomic mass is 9.72. The second-order valence-corrected chi connectivity index (χ2v) is 7.96. The van der Waals surface area contributed by atoms with Gasteiger partial charge in [-0.1, -0.05) is 0 Å². The molecule has 1 fully saturated rings.